The Bertz CT molecular complexity index is 1330. The van der Waals surface area contributed by atoms with Crippen LogP contribution in [-0.2, 0) is 0 Å². The first-order valence-corrected chi connectivity index (χ1v) is 10.4. The van der Waals surface area contributed by atoms with Gasteiger partial charge in [0, 0.05) is 11.1 Å². The van der Waals surface area contributed by atoms with Gasteiger partial charge in [-0.25, -0.2) is 0 Å². The molecule has 0 aliphatic heterocycles. The number of nitrogens with one attached hydrogen (secondary N) is 1. The fourth-order valence-corrected chi connectivity index (χ4v) is 4.25. The van der Waals surface area contributed by atoms with Crippen molar-refractivity contribution < 1.29 is 9.84 Å². The Morgan fingerprint density at radius 3 is 2.45 bits per heavy atom. The molecule has 0 fully saturated rings. The van der Waals surface area contributed by atoms with Crippen molar-refractivity contribution in [2.24, 2.45) is 0 Å². The zero-order chi connectivity index (χ0) is 21.4. The van der Waals surface area contributed by atoms with Gasteiger partial charge < -0.3 is 14.8 Å². The van der Waals surface area contributed by atoms with E-state index in [9.17, 15) is 9.90 Å². The zero-order valence-electron chi connectivity index (χ0n) is 17.3. The maximum atomic E-state index is 13.5. The molecular weight excluding hydrogens is 390 g/mol. The Labute approximate surface area is 179 Å². The lowest BCUT2D eigenvalue weighted by molar-refractivity contribution is 0.415. The van der Waals surface area contributed by atoms with Crippen molar-refractivity contribution in [3.05, 3.63) is 76.6 Å². The number of allylic oxidation sites excluding steroid dienone is 2. The lowest BCUT2D eigenvalue weighted by Gasteiger charge is -2.13. The highest BCUT2D eigenvalue weighted by molar-refractivity contribution is 5.88. The largest absolute Gasteiger partial charge is 0.497 e. The molecule has 2 aromatic carbocycles. The molecular formula is C25H23N3O3. The van der Waals surface area contributed by atoms with Crippen LogP contribution in [0.5, 0.6) is 11.6 Å². The minimum Gasteiger partial charge on any atom is -0.497 e. The molecule has 0 bridgehead atoms. The minimum atomic E-state index is -0.365. The van der Waals surface area contributed by atoms with E-state index < -0.39 is 0 Å². The number of aromatic hydroxyl groups is 1. The summed E-state index contributed by atoms with van der Waals surface area (Å²) in [7, 11) is 1.58. The summed E-state index contributed by atoms with van der Waals surface area (Å²) < 4.78 is 6.58. The number of ether oxygens (including phenoxy) is 1. The van der Waals surface area contributed by atoms with Crippen LogP contribution in [0.25, 0.3) is 33.6 Å². The summed E-state index contributed by atoms with van der Waals surface area (Å²) in [5.41, 5.74) is 4.66. The quantitative estimate of drug-likeness (QED) is 0.492. The lowest BCUT2D eigenvalue weighted by Crippen LogP contribution is -2.17. The minimum absolute atomic E-state index is 0.167. The summed E-state index contributed by atoms with van der Waals surface area (Å²) in [5.74, 6) is 0.512. The Hall–Kier alpha value is -3.80. The fourth-order valence-electron chi connectivity index (χ4n) is 4.25. The number of nitrogens with zero attached hydrogens (tertiary/aromatic N) is 2. The molecule has 0 atom stereocenters. The highest BCUT2D eigenvalue weighted by atomic mass is 16.5. The van der Waals surface area contributed by atoms with Gasteiger partial charge in [-0.2, -0.15) is 9.61 Å². The summed E-state index contributed by atoms with van der Waals surface area (Å²) in [6.07, 6.45) is 6.40. The van der Waals surface area contributed by atoms with Gasteiger partial charge >= 0.3 is 0 Å². The van der Waals surface area contributed by atoms with E-state index in [0.29, 0.717) is 17.0 Å². The van der Waals surface area contributed by atoms with E-state index in [1.165, 1.54) is 4.52 Å². The van der Waals surface area contributed by atoms with Crippen molar-refractivity contribution in [3.63, 3.8) is 0 Å². The number of H-pyrrole nitrogens is 1. The average molecular weight is 413 g/mol. The Balaban J connectivity index is 1.78. The van der Waals surface area contributed by atoms with Crippen LogP contribution in [0, 0.1) is 0 Å². The molecule has 0 unspecified atom stereocenters. The van der Waals surface area contributed by atoms with Gasteiger partial charge in [-0.15, -0.1) is 0 Å². The Kier molecular flexibility index (Phi) is 4.82. The van der Waals surface area contributed by atoms with Crippen LogP contribution >= 0.6 is 0 Å². The number of benzene rings is 2. The van der Waals surface area contributed by atoms with Crippen molar-refractivity contribution in [1.82, 2.24) is 14.6 Å². The molecule has 2 heterocycles. The van der Waals surface area contributed by atoms with Gasteiger partial charge in [-0.3, -0.25) is 4.79 Å². The van der Waals surface area contributed by atoms with Crippen molar-refractivity contribution in [2.45, 2.75) is 25.7 Å². The third kappa shape index (κ3) is 3.30. The second kappa shape index (κ2) is 7.80. The predicted molar refractivity (Wildman–Crippen MR) is 121 cm³/mol. The summed E-state index contributed by atoms with van der Waals surface area (Å²) >= 11 is 0. The third-order valence-electron chi connectivity index (χ3n) is 5.80. The van der Waals surface area contributed by atoms with Crippen LogP contribution in [0.3, 0.4) is 0 Å². The maximum Gasteiger partial charge on any atom is 0.286 e. The maximum absolute atomic E-state index is 13.5. The molecule has 1 aliphatic carbocycles. The number of hydrogen-bond donors (Lipinski definition) is 2. The van der Waals surface area contributed by atoms with E-state index in [4.69, 9.17) is 9.84 Å². The molecule has 156 valence electrons. The molecule has 31 heavy (non-hydrogen) atoms. The number of fused-ring (bicyclic) bond motifs is 1. The molecule has 1 aliphatic rings. The first kappa shape index (κ1) is 19.2. The van der Waals surface area contributed by atoms with Crippen LogP contribution in [0.2, 0.25) is 0 Å². The first-order valence-electron chi connectivity index (χ1n) is 10.4. The summed E-state index contributed by atoms with van der Waals surface area (Å²) in [4.78, 5) is 16.5. The van der Waals surface area contributed by atoms with E-state index in [1.54, 1.807) is 31.4 Å². The monoisotopic (exact) mass is 413 g/mol. The molecule has 2 aromatic heterocycles. The van der Waals surface area contributed by atoms with Crippen LogP contribution < -0.4 is 10.3 Å². The van der Waals surface area contributed by atoms with Crippen molar-refractivity contribution in [1.29, 1.82) is 0 Å². The van der Waals surface area contributed by atoms with E-state index in [2.05, 4.69) is 11.1 Å². The van der Waals surface area contributed by atoms with E-state index in [0.717, 1.165) is 48.1 Å². The molecule has 6 heteroatoms. The van der Waals surface area contributed by atoms with E-state index in [1.807, 2.05) is 30.3 Å². The second-order valence-corrected chi connectivity index (χ2v) is 7.71. The summed E-state index contributed by atoms with van der Waals surface area (Å²) in [6, 6.07) is 16.9. The molecule has 2 N–H and O–H groups in total. The third-order valence-corrected chi connectivity index (χ3v) is 5.80. The van der Waals surface area contributed by atoms with Crippen LogP contribution in [-0.4, -0.2) is 26.8 Å². The molecule has 5 rings (SSSR count). The first-order chi connectivity index (χ1) is 15.2. The number of methoxy groups -OCH3 is 1. The van der Waals surface area contributed by atoms with Gasteiger partial charge in [0.25, 0.3) is 5.56 Å². The molecule has 0 saturated heterocycles. The van der Waals surface area contributed by atoms with Gasteiger partial charge in [0.05, 0.1) is 7.11 Å². The van der Waals surface area contributed by atoms with Crippen LogP contribution in [0.4, 0.5) is 0 Å². The number of aromatic nitrogens is 3. The Morgan fingerprint density at radius 2 is 1.77 bits per heavy atom. The van der Waals surface area contributed by atoms with Gasteiger partial charge in [-0.05, 0) is 49.0 Å². The molecule has 0 saturated carbocycles. The van der Waals surface area contributed by atoms with E-state index >= 15 is 0 Å². The molecule has 6 nitrogen and oxygen atoms in total. The SMILES string of the molecule is COc1ccc(-c2c(O)[nH]c3c(C4=CCCCC4)c(-c4ccccc4)nn3c2=O)cc1. The zero-order valence-corrected chi connectivity index (χ0v) is 17.3. The fraction of sp³-hybridized carbons (Fsp3) is 0.200. The van der Waals surface area contributed by atoms with E-state index in [-0.39, 0.29) is 17.0 Å². The van der Waals surface area contributed by atoms with Crippen molar-refractivity contribution >= 4 is 11.2 Å². The summed E-state index contributed by atoms with van der Waals surface area (Å²) in [5, 5.41) is 15.5. The van der Waals surface area contributed by atoms with Crippen molar-refractivity contribution in [3.8, 4) is 34.0 Å². The molecule has 4 aromatic rings. The van der Waals surface area contributed by atoms with Gasteiger partial charge in [-0.1, -0.05) is 48.5 Å². The normalized spacial score (nSPS) is 13.9. The van der Waals surface area contributed by atoms with Gasteiger partial charge in [0.2, 0.25) is 5.88 Å². The average Bonchev–Trinajstić information content (AvgIpc) is 3.20. The Morgan fingerprint density at radius 1 is 1.00 bits per heavy atom. The van der Waals surface area contributed by atoms with Gasteiger partial charge in [0.1, 0.15) is 22.7 Å². The standard InChI is InChI=1S/C25H23N3O3/c1-31-19-14-12-17(13-15-19)21-24(29)26-23-20(16-8-4-2-5-9-16)22(27-28(23)25(21)30)18-10-6-3-7-11-18/h3,6-8,10-15,26,29H,2,4-5,9H2,1H3. The van der Waals surface area contributed by atoms with Crippen LogP contribution in [0.15, 0.2) is 65.5 Å². The smallest absolute Gasteiger partial charge is 0.286 e. The highest BCUT2D eigenvalue weighted by Gasteiger charge is 2.24. The molecule has 0 spiro atoms. The number of hydrogen-bond acceptors (Lipinski definition) is 4. The number of aromatic amines is 1. The molecule has 0 amide bonds. The summed E-state index contributed by atoms with van der Waals surface area (Å²) in [6.45, 7) is 0. The topological polar surface area (TPSA) is 79.6 Å². The van der Waals surface area contributed by atoms with Crippen molar-refractivity contribution in [2.75, 3.05) is 7.11 Å². The number of rotatable bonds is 4. The van der Waals surface area contributed by atoms with Crippen LogP contribution in [0.1, 0.15) is 31.2 Å². The van der Waals surface area contributed by atoms with Gasteiger partial charge in [0.15, 0.2) is 0 Å². The second-order valence-electron chi connectivity index (χ2n) is 7.71. The predicted octanol–water partition coefficient (Wildman–Crippen LogP) is 5.03. The highest BCUT2D eigenvalue weighted by Crippen LogP contribution is 2.37. The lowest BCUT2D eigenvalue weighted by atomic mass is 9.92. The molecule has 0 radical (unpaired) electrons.